The molecular formula is C16H24N2O. The molecule has 1 aromatic carbocycles. The van der Waals surface area contributed by atoms with E-state index in [1.165, 1.54) is 11.3 Å². The highest BCUT2D eigenvalue weighted by Gasteiger charge is 2.18. The molecule has 1 aliphatic heterocycles. The zero-order valence-corrected chi connectivity index (χ0v) is 12.2. The van der Waals surface area contributed by atoms with Gasteiger partial charge < -0.3 is 9.80 Å². The third-order valence-electron chi connectivity index (χ3n) is 3.67. The molecule has 1 aliphatic rings. The number of carbonyl (C=O) groups is 1. The first-order valence-electron chi connectivity index (χ1n) is 7.15. The summed E-state index contributed by atoms with van der Waals surface area (Å²) in [5.41, 5.74) is 2.68. The van der Waals surface area contributed by atoms with E-state index in [1.807, 2.05) is 4.90 Å². The number of carbonyl (C=O) groups excluding carboxylic acids is 1. The van der Waals surface area contributed by atoms with E-state index in [0.717, 1.165) is 32.6 Å². The summed E-state index contributed by atoms with van der Waals surface area (Å²) in [5, 5.41) is 0. The summed E-state index contributed by atoms with van der Waals surface area (Å²) >= 11 is 0. The second kappa shape index (κ2) is 6.09. The molecule has 0 unspecified atom stereocenters. The average Bonchev–Trinajstić information content (AvgIpc) is 2.39. The van der Waals surface area contributed by atoms with Crippen molar-refractivity contribution in [3.05, 3.63) is 29.8 Å². The number of amides is 1. The van der Waals surface area contributed by atoms with Gasteiger partial charge in [-0.25, -0.2) is 0 Å². The van der Waals surface area contributed by atoms with Crippen LogP contribution in [0.4, 0.5) is 5.69 Å². The molecule has 104 valence electrons. The lowest BCUT2D eigenvalue weighted by molar-refractivity contribution is -0.129. The van der Waals surface area contributed by atoms with Crippen molar-refractivity contribution in [1.29, 1.82) is 0 Å². The topological polar surface area (TPSA) is 23.6 Å². The Bertz CT molecular complexity index is 417. The molecule has 1 saturated heterocycles. The first-order chi connectivity index (χ1) is 9.06. The van der Waals surface area contributed by atoms with Crippen molar-refractivity contribution in [3.8, 4) is 0 Å². The van der Waals surface area contributed by atoms with Gasteiger partial charge in [-0.3, -0.25) is 4.79 Å². The fourth-order valence-corrected chi connectivity index (χ4v) is 2.59. The third kappa shape index (κ3) is 3.72. The largest absolute Gasteiger partial charge is 0.368 e. The highest BCUT2D eigenvalue weighted by Crippen LogP contribution is 2.18. The number of anilines is 1. The van der Waals surface area contributed by atoms with E-state index >= 15 is 0 Å². The van der Waals surface area contributed by atoms with Gasteiger partial charge in [-0.2, -0.15) is 0 Å². The van der Waals surface area contributed by atoms with Crippen LogP contribution in [0.5, 0.6) is 0 Å². The van der Waals surface area contributed by atoms with Gasteiger partial charge in [-0.05, 0) is 30.0 Å². The van der Waals surface area contributed by atoms with Crippen LogP contribution in [0.15, 0.2) is 24.3 Å². The zero-order valence-electron chi connectivity index (χ0n) is 12.2. The molecule has 1 fully saturated rings. The predicted octanol–water partition coefficient (Wildman–Crippen LogP) is 2.55. The van der Waals surface area contributed by atoms with E-state index in [0.29, 0.717) is 5.92 Å². The van der Waals surface area contributed by atoms with Crippen molar-refractivity contribution in [2.24, 2.45) is 5.92 Å². The number of benzene rings is 1. The SMILES string of the molecule is CC(=O)N1CCN(c2ccc(CC(C)C)cc2)CC1. The van der Waals surface area contributed by atoms with Crippen molar-refractivity contribution in [2.75, 3.05) is 31.1 Å². The van der Waals surface area contributed by atoms with Crippen molar-refractivity contribution < 1.29 is 4.79 Å². The lowest BCUT2D eigenvalue weighted by Crippen LogP contribution is -2.48. The second-order valence-electron chi connectivity index (χ2n) is 5.76. The molecule has 0 saturated carbocycles. The number of nitrogens with zero attached hydrogens (tertiary/aromatic N) is 2. The average molecular weight is 260 g/mol. The second-order valence-corrected chi connectivity index (χ2v) is 5.76. The van der Waals surface area contributed by atoms with E-state index in [1.54, 1.807) is 6.92 Å². The molecule has 0 aromatic heterocycles. The van der Waals surface area contributed by atoms with E-state index in [4.69, 9.17) is 0 Å². The van der Waals surface area contributed by atoms with Gasteiger partial charge in [0, 0.05) is 38.8 Å². The number of piperazine rings is 1. The quantitative estimate of drug-likeness (QED) is 0.834. The summed E-state index contributed by atoms with van der Waals surface area (Å²) in [6.45, 7) is 9.68. The Hall–Kier alpha value is -1.51. The maximum absolute atomic E-state index is 11.3. The molecule has 1 heterocycles. The van der Waals surface area contributed by atoms with Crippen LogP contribution < -0.4 is 4.90 Å². The standard InChI is InChI=1S/C16H24N2O/c1-13(2)12-15-4-6-16(7-5-15)18-10-8-17(9-11-18)14(3)19/h4-7,13H,8-12H2,1-3H3. The van der Waals surface area contributed by atoms with Gasteiger partial charge in [0.15, 0.2) is 0 Å². The minimum absolute atomic E-state index is 0.187. The summed E-state index contributed by atoms with van der Waals surface area (Å²) in [6.07, 6.45) is 1.14. The minimum atomic E-state index is 0.187. The fourth-order valence-electron chi connectivity index (χ4n) is 2.59. The molecule has 3 nitrogen and oxygen atoms in total. The van der Waals surface area contributed by atoms with Gasteiger partial charge >= 0.3 is 0 Å². The van der Waals surface area contributed by atoms with Crippen LogP contribution in [-0.4, -0.2) is 37.0 Å². The van der Waals surface area contributed by atoms with Gasteiger partial charge in [0.05, 0.1) is 0 Å². The molecule has 19 heavy (non-hydrogen) atoms. The van der Waals surface area contributed by atoms with Crippen LogP contribution >= 0.6 is 0 Å². The Labute approximate surface area is 116 Å². The van der Waals surface area contributed by atoms with Crippen molar-refractivity contribution in [2.45, 2.75) is 27.2 Å². The smallest absolute Gasteiger partial charge is 0.219 e. The molecule has 2 rings (SSSR count). The number of hydrogen-bond acceptors (Lipinski definition) is 2. The summed E-state index contributed by atoms with van der Waals surface area (Å²) in [6, 6.07) is 8.88. The fraction of sp³-hybridized carbons (Fsp3) is 0.562. The van der Waals surface area contributed by atoms with E-state index in [-0.39, 0.29) is 5.91 Å². The maximum atomic E-state index is 11.3. The van der Waals surface area contributed by atoms with E-state index in [2.05, 4.69) is 43.0 Å². The van der Waals surface area contributed by atoms with Crippen LogP contribution in [0, 0.1) is 5.92 Å². The molecule has 0 bridgehead atoms. The van der Waals surface area contributed by atoms with Crippen LogP contribution in [0.25, 0.3) is 0 Å². The highest BCUT2D eigenvalue weighted by molar-refractivity contribution is 5.73. The Kier molecular flexibility index (Phi) is 4.46. The summed E-state index contributed by atoms with van der Waals surface area (Å²) in [5.74, 6) is 0.886. The predicted molar refractivity (Wildman–Crippen MR) is 79.5 cm³/mol. The molecule has 0 spiro atoms. The van der Waals surface area contributed by atoms with Crippen LogP contribution in [0.3, 0.4) is 0 Å². The van der Waals surface area contributed by atoms with Crippen molar-refractivity contribution in [1.82, 2.24) is 4.90 Å². The molecule has 3 heteroatoms. The van der Waals surface area contributed by atoms with Crippen LogP contribution in [0.1, 0.15) is 26.3 Å². The maximum Gasteiger partial charge on any atom is 0.219 e. The molecule has 0 N–H and O–H groups in total. The normalized spacial score (nSPS) is 16.0. The van der Waals surface area contributed by atoms with E-state index in [9.17, 15) is 4.79 Å². The Balaban J connectivity index is 1.94. The van der Waals surface area contributed by atoms with Crippen LogP contribution in [0.2, 0.25) is 0 Å². The molecule has 0 aliphatic carbocycles. The van der Waals surface area contributed by atoms with Crippen molar-refractivity contribution in [3.63, 3.8) is 0 Å². The number of hydrogen-bond donors (Lipinski definition) is 0. The first kappa shape index (κ1) is 13.9. The summed E-state index contributed by atoms with van der Waals surface area (Å²) in [4.78, 5) is 15.6. The molecule has 0 radical (unpaired) electrons. The van der Waals surface area contributed by atoms with Gasteiger partial charge in [-0.15, -0.1) is 0 Å². The number of rotatable bonds is 3. The van der Waals surface area contributed by atoms with Gasteiger partial charge in [0.25, 0.3) is 0 Å². The highest BCUT2D eigenvalue weighted by atomic mass is 16.2. The Morgan fingerprint density at radius 3 is 2.16 bits per heavy atom. The Morgan fingerprint density at radius 2 is 1.68 bits per heavy atom. The van der Waals surface area contributed by atoms with Gasteiger partial charge in [0.2, 0.25) is 5.91 Å². The molecule has 1 aromatic rings. The van der Waals surface area contributed by atoms with Gasteiger partial charge in [-0.1, -0.05) is 26.0 Å². The lowest BCUT2D eigenvalue weighted by Gasteiger charge is -2.35. The molecule has 0 atom stereocenters. The zero-order chi connectivity index (χ0) is 13.8. The summed E-state index contributed by atoms with van der Waals surface area (Å²) < 4.78 is 0. The molecule has 1 amide bonds. The lowest BCUT2D eigenvalue weighted by atomic mass is 10.0. The molecular weight excluding hydrogens is 236 g/mol. The first-order valence-corrected chi connectivity index (χ1v) is 7.15. The summed E-state index contributed by atoms with van der Waals surface area (Å²) in [7, 11) is 0. The van der Waals surface area contributed by atoms with E-state index < -0.39 is 0 Å². The minimum Gasteiger partial charge on any atom is -0.368 e. The van der Waals surface area contributed by atoms with Crippen molar-refractivity contribution >= 4 is 11.6 Å². The Morgan fingerprint density at radius 1 is 1.11 bits per heavy atom. The van der Waals surface area contributed by atoms with Crippen LogP contribution in [-0.2, 0) is 11.2 Å². The third-order valence-corrected chi connectivity index (χ3v) is 3.67. The monoisotopic (exact) mass is 260 g/mol. The van der Waals surface area contributed by atoms with Gasteiger partial charge in [0.1, 0.15) is 0 Å².